The molecule has 2 N–H and O–H groups in total. The van der Waals surface area contributed by atoms with Crippen LogP contribution in [-0.2, 0) is 4.74 Å². The molecule has 1 atom stereocenters. The molecule has 0 saturated carbocycles. The molecule has 1 fully saturated rings. The van der Waals surface area contributed by atoms with Crippen LogP contribution in [0.4, 0.5) is 0 Å². The maximum Gasteiger partial charge on any atom is 0.191 e. The van der Waals surface area contributed by atoms with E-state index in [1.807, 2.05) is 0 Å². The minimum absolute atomic E-state index is 0. The molecule has 1 aliphatic rings. The van der Waals surface area contributed by atoms with E-state index in [2.05, 4.69) is 43.2 Å². The van der Waals surface area contributed by atoms with Gasteiger partial charge in [-0.1, -0.05) is 13.3 Å². The van der Waals surface area contributed by atoms with E-state index in [-0.39, 0.29) is 24.0 Å². The molecule has 1 unspecified atom stereocenters. The highest BCUT2D eigenvalue weighted by atomic mass is 127. The summed E-state index contributed by atoms with van der Waals surface area (Å²) in [7, 11) is 0. The van der Waals surface area contributed by atoms with Gasteiger partial charge in [0, 0.05) is 24.4 Å². The number of thioether (sulfide) groups is 1. The zero-order valence-corrected chi connectivity index (χ0v) is 16.9. The van der Waals surface area contributed by atoms with E-state index in [0.29, 0.717) is 4.75 Å². The molecule has 0 aromatic heterocycles. The third-order valence-electron chi connectivity index (χ3n) is 3.40. The molecule has 6 heteroatoms. The Morgan fingerprint density at radius 2 is 2.10 bits per heavy atom. The van der Waals surface area contributed by atoms with E-state index in [9.17, 15) is 0 Å². The molecule has 0 amide bonds. The normalized spacial score (nSPS) is 22.0. The van der Waals surface area contributed by atoms with E-state index in [1.54, 1.807) is 0 Å². The average Bonchev–Trinajstić information content (AvgIpc) is 2.87. The summed E-state index contributed by atoms with van der Waals surface area (Å²) in [4.78, 5) is 4.72. The highest BCUT2D eigenvalue weighted by Crippen LogP contribution is 2.37. The smallest absolute Gasteiger partial charge is 0.191 e. The third kappa shape index (κ3) is 9.84. The van der Waals surface area contributed by atoms with Crippen LogP contribution < -0.4 is 10.6 Å². The van der Waals surface area contributed by atoms with Gasteiger partial charge in [-0.3, -0.25) is 4.99 Å². The number of rotatable bonds is 9. The Kier molecular flexibility index (Phi) is 13.0. The summed E-state index contributed by atoms with van der Waals surface area (Å²) in [6.45, 7) is 10.8. The molecular weight excluding hydrogens is 397 g/mol. The largest absolute Gasteiger partial charge is 0.380 e. The molecule has 1 saturated heterocycles. The monoisotopic (exact) mass is 429 g/mol. The van der Waals surface area contributed by atoms with Crippen molar-refractivity contribution < 1.29 is 4.74 Å². The van der Waals surface area contributed by atoms with Gasteiger partial charge in [-0.15, -0.1) is 24.0 Å². The summed E-state index contributed by atoms with van der Waals surface area (Å²) in [5.74, 6) is 2.20. The van der Waals surface area contributed by atoms with Crippen molar-refractivity contribution in [3.8, 4) is 0 Å². The number of hydrogen-bond acceptors (Lipinski definition) is 3. The molecule has 0 bridgehead atoms. The van der Waals surface area contributed by atoms with Gasteiger partial charge in [0.2, 0.25) is 0 Å². The fraction of sp³-hybridized carbons (Fsp3) is 0.933. The summed E-state index contributed by atoms with van der Waals surface area (Å²) in [5, 5.41) is 6.64. The first-order valence-electron chi connectivity index (χ1n) is 7.94. The Labute approximate surface area is 151 Å². The van der Waals surface area contributed by atoms with Crippen molar-refractivity contribution in [3.05, 3.63) is 0 Å². The van der Waals surface area contributed by atoms with E-state index in [1.165, 1.54) is 25.0 Å². The van der Waals surface area contributed by atoms with Crippen molar-refractivity contribution in [1.29, 1.82) is 0 Å². The van der Waals surface area contributed by atoms with Crippen LogP contribution in [0.1, 0.15) is 46.5 Å². The van der Waals surface area contributed by atoms with Gasteiger partial charge in [0.15, 0.2) is 5.96 Å². The van der Waals surface area contributed by atoms with Crippen LogP contribution in [0.3, 0.4) is 0 Å². The van der Waals surface area contributed by atoms with Crippen molar-refractivity contribution in [2.45, 2.75) is 51.2 Å². The zero-order valence-electron chi connectivity index (χ0n) is 13.7. The summed E-state index contributed by atoms with van der Waals surface area (Å²) < 4.78 is 5.88. The second-order valence-corrected chi connectivity index (χ2v) is 7.17. The minimum Gasteiger partial charge on any atom is -0.380 e. The Morgan fingerprint density at radius 3 is 2.71 bits per heavy atom. The van der Waals surface area contributed by atoms with Crippen molar-refractivity contribution in [3.63, 3.8) is 0 Å². The van der Waals surface area contributed by atoms with Crippen LogP contribution in [0.2, 0.25) is 0 Å². The predicted molar refractivity (Wildman–Crippen MR) is 105 cm³/mol. The standard InChI is InChI=1S/C15H31N3OS.HI/c1-4-6-10-19-11-9-17-14(16-5-2)18-13-15(3)8-7-12-20-15;/h4-13H2,1-3H3,(H2,16,17,18);1H. The summed E-state index contributed by atoms with van der Waals surface area (Å²) in [5.41, 5.74) is 0. The van der Waals surface area contributed by atoms with Gasteiger partial charge < -0.3 is 15.4 Å². The highest BCUT2D eigenvalue weighted by Gasteiger charge is 2.29. The fourth-order valence-electron chi connectivity index (χ4n) is 2.14. The molecule has 21 heavy (non-hydrogen) atoms. The quantitative estimate of drug-likeness (QED) is 0.256. The van der Waals surface area contributed by atoms with E-state index >= 15 is 0 Å². The van der Waals surface area contributed by atoms with Crippen molar-refractivity contribution in [2.75, 3.05) is 38.6 Å². The van der Waals surface area contributed by atoms with Gasteiger partial charge in [0.25, 0.3) is 0 Å². The lowest BCUT2D eigenvalue weighted by molar-refractivity contribution is 0.136. The maximum absolute atomic E-state index is 5.55. The molecule has 4 nitrogen and oxygen atoms in total. The molecule has 1 rings (SSSR count). The predicted octanol–water partition coefficient (Wildman–Crippen LogP) is 3.26. The van der Waals surface area contributed by atoms with Crippen LogP contribution in [0.5, 0.6) is 0 Å². The molecule has 0 aliphatic carbocycles. The molecule has 0 radical (unpaired) electrons. The van der Waals surface area contributed by atoms with Crippen LogP contribution in [-0.4, -0.2) is 49.3 Å². The number of unbranched alkanes of at least 4 members (excludes halogenated alkanes) is 1. The lowest BCUT2D eigenvalue weighted by Gasteiger charge is -2.21. The second-order valence-electron chi connectivity index (χ2n) is 5.49. The van der Waals surface area contributed by atoms with Gasteiger partial charge in [-0.2, -0.15) is 11.8 Å². The van der Waals surface area contributed by atoms with Gasteiger partial charge in [0.05, 0.1) is 13.2 Å². The van der Waals surface area contributed by atoms with Crippen LogP contribution in [0.25, 0.3) is 0 Å². The number of nitrogens with zero attached hydrogens (tertiary/aromatic N) is 1. The van der Waals surface area contributed by atoms with Crippen LogP contribution in [0.15, 0.2) is 4.99 Å². The molecular formula is C15H32IN3OS. The minimum atomic E-state index is 0. The first-order chi connectivity index (χ1) is 9.70. The van der Waals surface area contributed by atoms with Crippen molar-refractivity contribution in [1.82, 2.24) is 10.6 Å². The van der Waals surface area contributed by atoms with E-state index in [4.69, 9.17) is 9.73 Å². The number of halogens is 1. The number of aliphatic imine (C=N–C) groups is 1. The van der Waals surface area contributed by atoms with Crippen LogP contribution >= 0.6 is 35.7 Å². The molecule has 1 aliphatic heterocycles. The lowest BCUT2D eigenvalue weighted by atomic mass is 10.1. The highest BCUT2D eigenvalue weighted by molar-refractivity contribution is 14.0. The maximum atomic E-state index is 5.55. The number of ether oxygens (including phenoxy) is 1. The molecule has 0 aromatic carbocycles. The molecule has 0 spiro atoms. The SMILES string of the molecule is CCCCOCCNC(=NCC1(C)CCCS1)NCC.I. The van der Waals surface area contributed by atoms with Crippen LogP contribution in [0, 0.1) is 0 Å². The second kappa shape index (κ2) is 12.8. The fourth-order valence-corrected chi connectivity index (χ4v) is 3.37. The van der Waals surface area contributed by atoms with Crippen molar-refractivity contribution in [2.24, 2.45) is 4.99 Å². The Balaban J connectivity index is 0.00000400. The number of hydrogen-bond donors (Lipinski definition) is 2. The number of guanidine groups is 1. The molecule has 1 heterocycles. The van der Waals surface area contributed by atoms with Gasteiger partial charge in [0.1, 0.15) is 0 Å². The lowest BCUT2D eigenvalue weighted by Crippen LogP contribution is -2.40. The first kappa shape index (κ1) is 21.3. The Morgan fingerprint density at radius 1 is 1.29 bits per heavy atom. The van der Waals surface area contributed by atoms with Gasteiger partial charge in [-0.05, 0) is 38.9 Å². The average molecular weight is 429 g/mol. The molecule has 126 valence electrons. The van der Waals surface area contributed by atoms with E-state index in [0.717, 1.165) is 45.2 Å². The van der Waals surface area contributed by atoms with Crippen molar-refractivity contribution >= 4 is 41.7 Å². The summed E-state index contributed by atoms with van der Waals surface area (Å²) in [6.07, 6.45) is 4.93. The van der Waals surface area contributed by atoms with E-state index < -0.39 is 0 Å². The summed E-state index contributed by atoms with van der Waals surface area (Å²) in [6, 6.07) is 0. The third-order valence-corrected chi connectivity index (χ3v) is 4.92. The zero-order chi connectivity index (χ0) is 14.7. The molecule has 0 aromatic rings. The first-order valence-corrected chi connectivity index (χ1v) is 8.92. The Bertz CT molecular complexity index is 284. The van der Waals surface area contributed by atoms with Gasteiger partial charge in [-0.25, -0.2) is 0 Å². The summed E-state index contributed by atoms with van der Waals surface area (Å²) >= 11 is 2.05. The Hall–Kier alpha value is 0.310. The van der Waals surface area contributed by atoms with Gasteiger partial charge >= 0.3 is 0 Å². The number of nitrogens with one attached hydrogen (secondary N) is 2. The topological polar surface area (TPSA) is 45.6 Å².